The molecule has 0 radical (unpaired) electrons. The fourth-order valence-corrected chi connectivity index (χ4v) is 2.47. The van der Waals surface area contributed by atoms with Crippen molar-refractivity contribution in [2.75, 3.05) is 5.32 Å². The van der Waals surface area contributed by atoms with Crippen molar-refractivity contribution < 1.29 is 14.1 Å². The molecule has 1 aromatic heterocycles. The fraction of sp³-hybridized carbons (Fsp3) is 0.389. The topological polar surface area (TPSA) is 109 Å². The molecule has 1 heterocycles. The Kier molecular flexibility index (Phi) is 4.89. The molecule has 1 atom stereocenters. The molecule has 0 spiro atoms. The summed E-state index contributed by atoms with van der Waals surface area (Å²) in [6.45, 7) is 1.89. The summed E-state index contributed by atoms with van der Waals surface area (Å²) in [7, 11) is 0. The monoisotopic (exact) mass is 338 g/mol. The van der Waals surface area contributed by atoms with Crippen LogP contribution < -0.4 is 5.32 Å². The zero-order chi connectivity index (χ0) is 17.8. The number of aryl methyl sites for hydroxylation is 2. The van der Waals surface area contributed by atoms with E-state index in [4.69, 9.17) is 4.52 Å². The molecule has 1 saturated carbocycles. The number of carbonyl (C=O) groups is 2. The van der Waals surface area contributed by atoms with Gasteiger partial charge in [-0.15, -0.1) is 0 Å². The number of nitrogens with one attached hydrogen (secondary N) is 1. The Morgan fingerprint density at radius 2 is 2.24 bits per heavy atom. The number of nitriles is 1. The predicted octanol–water partition coefficient (Wildman–Crippen LogP) is 2.54. The van der Waals surface area contributed by atoms with Gasteiger partial charge in [0.2, 0.25) is 11.8 Å². The van der Waals surface area contributed by atoms with Gasteiger partial charge in [-0.1, -0.05) is 17.3 Å². The van der Waals surface area contributed by atoms with Gasteiger partial charge in [0.1, 0.15) is 0 Å². The zero-order valence-electron chi connectivity index (χ0n) is 13.9. The summed E-state index contributed by atoms with van der Waals surface area (Å²) in [5.41, 5.74) is 1.53. The van der Waals surface area contributed by atoms with Crippen molar-refractivity contribution in [1.82, 2.24) is 10.1 Å². The molecule has 0 aliphatic heterocycles. The lowest BCUT2D eigenvalue weighted by Crippen LogP contribution is -2.28. The summed E-state index contributed by atoms with van der Waals surface area (Å²) < 4.78 is 5.10. The third-order valence-corrected chi connectivity index (χ3v) is 4.01. The second-order valence-electron chi connectivity index (χ2n) is 6.21. The Bertz CT molecular complexity index is 833. The molecule has 1 aliphatic rings. The van der Waals surface area contributed by atoms with Crippen molar-refractivity contribution >= 4 is 17.4 Å². The van der Waals surface area contributed by atoms with Crippen molar-refractivity contribution in [1.29, 1.82) is 5.26 Å². The maximum atomic E-state index is 12.2. The van der Waals surface area contributed by atoms with Gasteiger partial charge in [-0.3, -0.25) is 9.59 Å². The summed E-state index contributed by atoms with van der Waals surface area (Å²) in [6.07, 6.45) is 2.36. The normalized spacial score (nSPS) is 14.6. The molecular weight excluding hydrogens is 320 g/mol. The first kappa shape index (κ1) is 16.8. The van der Waals surface area contributed by atoms with Gasteiger partial charge in [-0.2, -0.15) is 10.2 Å². The molecule has 1 amide bonds. The standard InChI is InChI=1S/C18H18N4O3/c1-11-3-2-4-13(9-11)20-18(24)14(10-19)15(23)7-8-16-21-17(22-25-16)12-5-6-12/h2-4,9,12,14H,5-8H2,1H3,(H,20,24). The number of hydrogen-bond acceptors (Lipinski definition) is 6. The number of hydrogen-bond donors (Lipinski definition) is 1. The molecular formula is C18H18N4O3. The van der Waals surface area contributed by atoms with Crippen molar-refractivity contribution in [3.8, 4) is 6.07 Å². The van der Waals surface area contributed by atoms with E-state index in [0.717, 1.165) is 18.4 Å². The number of nitrogens with zero attached hydrogens (tertiary/aromatic N) is 3. The van der Waals surface area contributed by atoms with Gasteiger partial charge in [0.05, 0.1) is 6.07 Å². The zero-order valence-corrected chi connectivity index (χ0v) is 13.9. The van der Waals surface area contributed by atoms with Crippen LogP contribution in [0.15, 0.2) is 28.8 Å². The van der Waals surface area contributed by atoms with E-state index in [2.05, 4.69) is 15.5 Å². The average Bonchev–Trinajstić information content (AvgIpc) is 3.32. The van der Waals surface area contributed by atoms with Gasteiger partial charge >= 0.3 is 0 Å². The van der Waals surface area contributed by atoms with Crippen LogP contribution in [0.1, 0.15) is 42.5 Å². The highest BCUT2D eigenvalue weighted by Gasteiger charge is 2.30. The van der Waals surface area contributed by atoms with Crippen LogP contribution in [0.3, 0.4) is 0 Å². The van der Waals surface area contributed by atoms with E-state index in [1.54, 1.807) is 24.3 Å². The van der Waals surface area contributed by atoms with Gasteiger partial charge in [0.15, 0.2) is 17.5 Å². The number of Topliss-reactive ketones (excluding diaryl/α,β-unsaturated/α-hetero) is 1. The van der Waals surface area contributed by atoms with Crippen LogP contribution in [0.4, 0.5) is 5.69 Å². The van der Waals surface area contributed by atoms with E-state index in [9.17, 15) is 14.9 Å². The van der Waals surface area contributed by atoms with Gasteiger partial charge in [-0.25, -0.2) is 0 Å². The average molecular weight is 338 g/mol. The number of anilines is 1. The molecule has 7 heteroatoms. The molecule has 128 valence electrons. The molecule has 3 rings (SSSR count). The van der Waals surface area contributed by atoms with Crippen LogP contribution >= 0.6 is 0 Å². The largest absolute Gasteiger partial charge is 0.339 e. The Morgan fingerprint density at radius 1 is 1.44 bits per heavy atom. The minimum Gasteiger partial charge on any atom is -0.339 e. The first-order valence-electron chi connectivity index (χ1n) is 8.19. The molecule has 1 unspecified atom stereocenters. The Balaban J connectivity index is 1.56. The lowest BCUT2D eigenvalue weighted by atomic mass is 10.0. The molecule has 7 nitrogen and oxygen atoms in total. The van der Waals surface area contributed by atoms with Crippen LogP contribution in [0.25, 0.3) is 0 Å². The summed E-state index contributed by atoms with van der Waals surface area (Å²) >= 11 is 0. The molecule has 1 aromatic carbocycles. The molecule has 1 N–H and O–H groups in total. The quantitative estimate of drug-likeness (QED) is 0.777. The number of carbonyl (C=O) groups excluding carboxylic acids is 2. The molecule has 2 aromatic rings. The number of rotatable bonds is 7. The van der Waals surface area contributed by atoms with Crippen LogP contribution in [0.5, 0.6) is 0 Å². The van der Waals surface area contributed by atoms with E-state index in [0.29, 0.717) is 23.3 Å². The third-order valence-electron chi connectivity index (χ3n) is 4.01. The van der Waals surface area contributed by atoms with Crippen LogP contribution in [0, 0.1) is 24.2 Å². The predicted molar refractivity (Wildman–Crippen MR) is 88.5 cm³/mol. The lowest BCUT2D eigenvalue weighted by Gasteiger charge is -2.09. The maximum absolute atomic E-state index is 12.2. The highest BCUT2D eigenvalue weighted by atomic mass is 16.5. The second-order valence-corrected chi connectivity index (χ2v) is 6.21. The lowest BCUT2D eigenvalue weighted by molar-refractivity contribution is -0.128. The van der Waals surface area contributed by atoms with E-state index >= 15 is 0 Å². The van der Waals surface area contributed by atoms with Crippen molar-refractivity contribution in [2.24, 2.45) is 5.92 Å². The smallest absolute Gasteiger partial charge is 0.249 e. The van der Waals surface area contributed by atoms with Gasteiger partial charge in [0, 0.05) is 24.4 Å². The first-order chi connectivity index (χ1) is 12.1. The van der Waals surface area contributed by atoms with Crippen molar-refractivity contribution in [3.05, 3.63) is 41.5 Å². The third kappa shape index (κ3) is 4.29. The number of ketones is 1. The summed E-state index contributed by atoms with van der Waals surface area (Å²) in [4.78, 5) is 28.7. The second kappa shape index (κ2) is 7.26. The van der Waals surface area contributed by atoms with E-state index in [1.165, 1.54) is 0 Å². The van der Waals surface area contributed by atoms with E-state index < -0.39 is 17.6 Å². The Hall–Kier alpha value is -3.01. The Labute approximate surface area is 145 Å². The molecule has 25 heavy (non-hydrogen) atoms. The number of benzene rings is 1. The van der Waals surface area contributed by atoms with Crippen molar-refractivity contribution in [3.63, 3.8) is 0 Å². The summed E-state index contributed by atoms with van der Waals surface area (Å²) in [5.74, 6) is -1.02. The minimum absolute atomic E-state index is 0.00572. The minimum atomic E-state index is -1.36. The van der Waals surface area contributed by atoms with Crippen LogP contribution in [0.2, 0.25) is 0 Å². The SMILES string of the molecule is Cc1cccc(NC(=O)C(C#N)C(=O)CCc2nc(C3CC3)no2)c1. The highest BCUT2D eigenvalue weighted by Crippen LogP contribution is 2.38. The molecule has 1 aliphatic carbocycles. The van der Waals surface area contributed by atoms with Gasteiger partial charge in [-0.05, 0) is 37.5 Å². The van der Waals surface area contributed by atoms with Crippen LogP contribution in [-0.4, -0.2) is 21.8 Å². The summed E-state index contributed by atoms with van der Waals surface area (Å²) in [5, 5.41) is 15.7. The number of amides is 1. The van der Waals surface area contributed by atoms with E-state index in [-0.39, 0.29) is 12.8 Å². The molecule has 1 fully saturated rings. The van der Waals surface area contributed by atoms with E-state index in [1.807, 2.05) is 13.0 Å². The van der Waals surface area contributed by atoms with Gasteiger partial charge < -0.3 is 9.84 Å². The summed E-state index contributed by atoms with van der Waals surface area (Å²) in [6, 6.07) is 8.94. The first-order valence-corrected chi connectivity index (χ1v) is 8.19. The number of aromatic nitrogens is 2. The Morgan fingerprint density at radius 3 is 2.92 bits per heavy atom. The molecule has 0 saturated heterocycles. The fourth-order valence-electron chi connectivity index (χ4n) is 2.47. The van der Waals surface area contributed by atoms with Crippen LogP contribution in [-0.2, 0) is 16.0 Å². The molecule has 0 bridgehead atoms. The van der Waals surface area contributed by atoms with Gasteiger partial charge in [0.25, 0.3) is 0 Å². The van der Waals surface area contributed by atoms with Crippen molar-refractivity contribution in [2.45, 2.75) is 38.5 Å². The highest BCUT2D eigenvalue weighted by molar-refractivity contribution is 6.09. The maximum Gasteiger partial charge on any atom is 0.249 e.